The number of rotatable bonds is 2. The number of hydrogen-bond donors (Lipinski definition) is 0. The topological polar surface area (TPSA) is 51.0 Å². The quantitative estimate of drug-likeness (QED) is 0.838. The molecule has 2 heterocycles. The van der Waals surface area contributed by atoms with E-state index in [9.17, 15) is 4.79 Å². The average Bonchev–Trinajstić information content (AvgIpc) is 2.91. The van der Waals surface area contributed by atoms with Crippen LogP contribution in [0.15, 0.2) is 22.8 Å². The van der Waals surface area contributed by atoms with Gasteiger partial charge in [0.15, 0.2) is 5.69 Å². The van der Waals surface area contributed by atoms with Crippen LogP contribution in [0.25, 0.3) is 0 Å². The first-order chi connectivity index (χ1) is 10.1. The van der Waals surface area contributed by atoms with Crippen LogP contribution in [0.1, 0.15) is 35.0 Å². The second-order valence-electron chi connectivity index (χ2n) is 5.26. The van der Waals surface area contributed by atoms with Crippen LogP contribution in [0.3, 0.4) is 0 Å². The van der Waals surface area contributed by atoms with Gasteiger partial charge in [-0.1, -0.05) is 28.1 Å². The van der Waals surface area contributed by atoms with Crippen molar-refractivity contribution in [1.29, 1.82) is 0 Å². The van der Waals surface area contributed by atoms with Crippen molar-refractivity contribution in [2.24, 2.45) is 7.05 Å². The molecule has 110 valence electrons. The van der Waals surface area contributed by atoms with Gasteiger partial charge in [0, 0.05) is 18.1 Å². The molecule has 1 aromatic heterocycles. The van der Waals surface area contributed by atoms with E-state index in [4.69, 9.17) is 0 Å². The molecule has 1 aliphatic heterocycles. The fourth-order valence-corrected chi connectivity index (χ4v) is 3.40. The Hall–Kier alpha value is -1.69. The van der Waals surface area contributed by atoms with Crippen molar-refractivity contribution in [2.45, 2.75) is 26.2 Å². The minimum absolute atomic E-state index is 0.0685. The number of hydrogen-bond acceptors (Lipinski definition) is 3. The van der Waals surface area contributed by atoms with E-state index in [-0.39, 0.29) is 5.91 Å². The zero-order chi connectivity index (χ0) is 15.0. The highest BCUT2D eigenvalue weighted by Gasteiger charge is 2.27. The third kappa shape index (κ3) is 2.60. The van der Waals surface area contributed by atoms with Crippen LogP contribution in [-0.4, -0.2) is 27.4 Å². The number of nitrogens with zero attached hydrogens (tertiary/aromatic N) is 4. The first-order valence-corrected chi connectivity index (χ1v) is 7.89. The van der Waals surface area contributed by atoms with E-state index in [1.807, 2.05) is 4.90 Å². The summed E-state index contributed by atoms with van der Waals surface area (Å²) in [6.07, 6.45) is 4.54. The maximum atomic E-state index is 12.7. The molecule has 5 nitrogen and oxygen atoms in total. The Morgan fingerprint density at radius 1 is 1.43 bits per heavy atom. The number of carbonyl (C=O) groups is 1. The summed E-state index contributed by atoms with van der Waals surface area (Å²) in [6.45, 7) is 2.85. The Balaban J connectivity index is 2.06. The molecule has 0 radical (unpaired) electrons. The number of fused-ring (bicyclic) bond motifs is 1. The summed E-state index contributed by atoms with van der Waals surface area (Å²) >= 11 is 3.56. The third-order valence-corrected chi connectivity index (χ3v) is 4.24. The van der Waals surface area contributed by atoms with Crippen molar-refractivity contribution >= 4 is 27.5 Å². The molecule has 1 amide bonds. The van der Waals surface area contributed by atoms with Crippen molar-refractivity contribution in [3.05, 3.63) is 39.6 Å². The molecule has 2 aromatic rings. The molecule has 0 atom stereocenters. The SMILES string of the molecule is CCc1cc(Br)cc2c1N(C(=O)c1cn(C)nn1)CCC2. The van der Waals surface area contributed by atoms with E-state index in [0.29, 0.717) is 5.69 Å². The van der Waals surface area contributed by atoms with Crippen LogP contribution in [0.4, 0.5) is 5.69 Å². The van der Waals surface area contributed by atoms with E-state index in [0.717, 1.165) is 36.0 Å². The van der Waals surface area contributed by atoms with Gasteiger partial charge >= 0.3 is 0 Å². The summed E-state index contributed by atoms with van der Waals surface area (Å²) in [5.74, 6) is -0.0685. The molecule has 0 spiro atoms. The highest BCUT2D eigenvalue weighted by atomic mass is 79.9. The van der Waals surface area contributed by atoms with Crippen molar-refractivity contribution < 1.29 is 4.79 Å². The molecule has 0 saturated heterocycles. The minimum Gasteiger partial charge on any atom is -0.306 e. The number of carbonyl (C=O) groups excluding carboxylic acids is 1. The van der Waals surface area contributed by atoms with Gasteiger partial charge < -0.3 is 4.90 Å². The molecule has 3 rings (SSSR count). The smallest absolute Gasteiger partial charge is 0.280 e. The van der Waals surface area contributed by atoms with E-state index in [1.54, 1.807) is 17.9 Å². The number of benzene rings is 1. The summed E-state index contributed by atoms with van der Waals surface area (Å²) in [5.41, 5.74) is 3.87. The van der Waals surface area contributed by atoms with Gasteiger partial charge in [-0.2, -0.15) is 0 Å². The maximum absolute atomic E-state index is 12.7. The third-order valence-electron chi connectivity index (χ3n) is 3.78. The number of aromatic nitrogens is 3. The van der Waals surface area contributed by atoms with Crippen LogP contribution < -0.4 is 4.90 Å². The van der Waals surface area contributed by atoms with E-state index < -0.39 is 0 Å². The molecule has 0 N–H and O–H groups in total. The highest BCUT2D eigenvalue weighted by molar-refractivity contribution is 9.10. The fourth-order valence-electron chi connectivity index (χ4n) is 2.85. The first-order valence-electron chi connectivity index (χ1n) is 7.09. The molecule has 0 saturated carbocycles. The predicted octanol–water partition coefficient (Wildman–Crippen LogP) is 2.73. The first kappa shape index (κ1) is 14.3. The Bertz CT molecular complexity index is 678. The van der Waals surface area contributed by atoms with Crippen LogP contribution in [0.2, 0.25) is 0 Å². The Kier molecular flexibility index (Phi) is 3.80. The van der Waals surface area contributed by atoms with Crippen LogP contribution in [-0.2, 0) is 19.9 Å². The summed E-state index contributed by atoms with van der Waals surface area (Å²) in [5, 5.41) is 7.81. The Labute approximate surface area is 132 Å². The molecule has 21 heavy (non-hydrogen) atoms. The van der Waals surface area contributed by atoms with Gasteiger partial charge in [-0.05, 0) is 42.5 Å². The summed E-state index contributed by atoms with van der Waals surface area (Å²) in [6, 6.07) is 4.21. The van der Waals surface area contributed by atoms with Crippen molar-refractivity contribution in [1.82, 2.24) is 15.0 Å². The standard InChI is InChI=1S/C15H17BrN4O/c1-3-10-7-12(16)8-11-5-4-6-20(14(10)11)15(21)13-9-19(2)18-17-13/h7-9H,3-6H2,1-2H3. The van der Waals surface area contributed by atoms with Crippen molar-refractivity contribution in [2.75, 3.05) is 11.4 Å². The summed E-state index contributed by atoms with van der Waals surface area (Å²) < 4.78 is 2.63. The molecule has 1 aliphatic rings. The minimum atomic E-state index is -0.0685. The summed E-state index contributed by atoms with van der Waals surface area (Å²) in [7, 11) is 1.77. The van der Waals surface area contributed by atoms with E-state index >= 15 is 0 Å². The Morgan fingerprint density at radius 3 is 2.90 bits per heavy atom. The molecule has 0 bridgehead atoms. The van der Waals surface area contributed by atoms with E-state index in [2.05, 4.69) is 45.3 Å². The van der Waals surface area contributed by atoms with Crippen molar-refractivity contribution in [3.63, 3.8) is 0 Å². The second kappa shape index (κ2) is 5.60. The number of amides is 1. The van der Waals surface area contributed by atoms with Gasteiger partial charge in [0.1, 0.15) is 0 Å². The Morgan fingerprint density at radius 2 is 2.24 bits per heavy atom. The zero-order valence-corrected chi connectivity index (χ0v) is 13.7. The van der Waals surface area contributed by atoms with Gasteiger partial charge in [0.2, 0.25) is 0 Å². The normalized spacial score (nSPS) is 14.1. The lowest BCUT2D eigenvalue weighted by atomic mass is 9.96. The molecule has 0 unspecified atom stereocenters. The number of halogens is 1. The monoisotopic (exact) mass is 348 g/mol. The molecule has 0 fully saturated rings. The fraction of sp³-hybridized carbons (Fsp3) is 0.400. The molecular weight excluding hydrogens is 332 g/mol. The molecular formula is C15H17BrN4O. The molecule has 1 aromatic carbocycles. The number of aryl methyl sites for hydroxylation is 3. The lowest BCUT2D eigenvalue weighted by molar-refractivity contribution is 0.0980. The van der Waals surface area contributed by atoms with Gasteiger partial charge in [-0.15, -0.1) is 5.10 Å². The van der Waals surface area contributed by atoms with Crippen LogP contribution in [0.5, 0.6) is 0 Å². The van der Waals surface area contributed by atoms with Crippen LogP contribution >= 0.6 is 15.9 Å². The van der Waals surface area contributed by atoms with Gasteiger partial charge in [0.05, 0.1) is 11.9 Å². The number of anilines is 1. The lowest BCUT2D eigenvalue weighted by Gasteiger charge is -2.31. The summed E-state index contributed by atoms with van der Waals surface area (Å²) in [4.78, 5) is 14.6. The van der Waals surface area contributed by atoms with Crippen molar-refractivity contribution in [3.8, 4) is 0 Å². The average molecular weight is 349 g/mol. The van der Waals surface area contributed by atoms with Gasteiger partial charge in [-0.25, -0.2) is 0 Å². The van der Waals surface area contributed by atoms with E-state index in [1.165, 1.54) is 11.1 Å². The van der Waals surface area contributed by atoms with Gasteiger partial charge in [-0.3, -0.25) is 9.48 Å². The second-order valence-corrected chi connectivity index (χ2v) is 6.18. The van der Waals surface area contributed by atoms with Gasteiger partial charge in [0.25, 0.3) is 5.91 Å². The largest absolute Gasteiger partial charge is 0.306 e. The lowest BCUT2D eigenvalue weighted by Crippen LogP contribution is -2.36. The molecule has 0 aliphatic carbocycles. The van der Waals surface area contributed by atoms with Crippen LogP contribution in [0, 0.1) is 0 Å². The predicted molar refractivity (Wildman–Crippen MR) is 84.5 cm³/mol. The maximum Gasteiger partial charge on any atom is 0.280 e. The highest BCUT2D eigenvalue weighted by Crippen LogP contribution is 2.35. The molecule has 6 heteroatoms. The zero-order valence-electron chi connectivity index (χ0n) is 12.1.